The summed E-state index contributed by atoms with van der Waals surface area (Å²) in [6, 6.07) is 19.0. The van der Waals surface area contributed by atoms with Gasteiger partial charge in [0, 0.05) is 23.4 Å². The largest absolute Gasteiger partial charge is 0.497 e. The molecule has 0 aliphatic heterocycles. The van der Waals surface area contributed by atoms with Crippen LogP contribution in [0.1, 0.15) is 10.6 Å². The highest BCUT2D eigenvalue weighted by Gasteiger charge is 2.15. The predicted octanol–water partition coefficient (Wildman–Crippen LogP) is 4.88. The molecule has 0 aliphatic carbocycles. The van der Waals surface area contributed by atoms with Crippen LogP contribution in [0.2, 0.25) is 0 Å². The molecule has 7 nitrogen and oxygen atoms in total. The molecule has 0 bridgehead atoms. The second kappa shape index (κ2) is 10.1. The number of furan rings is 1. The molecule has 0 radical (unpaired) electrons. The summed E-state index contributed by atoms with van der Waals surface area (Å²) in [4.78, 5) is 20.2. The highest BCUT2D eigenvalue weighted by atomic mass is 32.2. The van der Waals surface area contributed by atoms with Gasteiger partial charge in [0.05, 0.1) is 31.9 Å². The van der Waals surface area contributed by atoms with Crippen LogP contribution in [0.15, 0.2) is 76.5 Å². The molecule has 4 rings (SSSR count). The molecular weight excluding hydrogens is 426 g/mol. The van der Waals surface area contributed by atoms with Crippen LogP contribution in [-0.4, -0.2) is 42.4 Å². The summed E-state index contributed by atoms with van der Waals surface area (Å²) in [6.07, 6.45) is 1.48. The molecule has 8 heteroatoms. The van der Waals surface area contributed by atoms with Crippen LogP contribution in [0.3, 0.4) is 0 Å². The molecule has 2 aromatic carbocycles. The molecule has 0 spiro atoms. The van der Waals surface area contributed by atoms with Gasteiger partial charge in [0.1, 0.15) is 11.5 Å². The molecule has 2 N–H and O–H groups in total. The molecule has 0 unspecified atom stereocenters. The van der Waals surface area contributed by atoms with Crippen molar-refractivity contribution >= 4 is 17.7 Å². The highest BCUT2D eigenvalue weighted by Crippen LogP contribution is 2.34. The fraction of sp³-hybridized carbons (Fsp3) is 0.167. The van der Waals surface area contributed by atoms with E-state index in [4.69, 9.17) is 18.9 Å². The molecule has 4 aromatic rings. The maximum atomic E-state index is 12.0. The Kier molecular flexibility index (Phi) is 6.81. The predicted molar refractivity (Wildman–Crippen MR) is 124 cm³/mol. The van der Waals surface area contributed by atoms with Crippen molar-refractivity contribution in [2.45, 2.75) is 5.16 Å². The van der Waals surface area contributed by atoms with Crippen LogP contribution in [0.4, 0.5) is 0 Å². The average molecular weight is 450 g/mol. The van der Waals surface area contributed by atoms with Crippen molar-refractivity contribution in [1.29, 1.82) is 0 Å². The zero-order valence-electron chi connectivity index (χ0n) is 17.8. The number of H-pyrrole nitrogens is 1. The number of hydrogen-bond donors (Lipinski definition) is 2. The molecule has 0 saturated heterocycles. The van der Waals surface area contributed by atoms with Gasteiger partial charge in [0.25, 0.3) is 5.91 Å². The summed E-state index contributed by atoms with van der Waals surface area (Å²) < 4.78 is 15.7. The molecular formula is C24H23N3O4S. The third-order valence-electron chi connectivity index (χ3n) is 4.80. The Morgan fingerprint density at radius 1 is 1.00 bits per heavy atom. The number of nitrogens with one attached hydrogen (secondary N) is 2. The van der Waals surface area contributed by atoms with Crippen molar-refractivity contribution in [2.24, 2.45) is 0 Å². The quantitative estimate of drug-likeness (QED) is 0.280. The van der Waals surface area contributed by atoms with E-state index >= 15 is 0 Å². The zero-order chi connectivity index (χ0) is 22.3. The Balaban J connectivity index is 1.52. The van der Waals surface area contributed by atoms with Gasteiger partial charge in [-0.15, -0.1) is 0 Å². The molecule has 32 heavy (non-hydrogen) atoms. The number of aromatic amines is 1. The van der Waals surface area contributed by atoms with E-state index < -0.39 is 0 Å². The van der Waals surface area contributed by atoms with Crippen LogP contribution < -0.4 is 14.8 Å². The SMILES string of the molecule is COc1ccc(-c2nc(SCCNC(=O)c3ccco3)[nH]c2-c2ccc(OC)cc2)cc1. The Labute approximate surface area is 190 Å². The van der Waals surface area contributed by atoms with E-state index in [9.17, 15) is 4.79 Å². The van der Waals surface area contributed by atoms with Crippen molar-refractivity contribution in [1.82, 2.24) is 15.3 Å². The maximum absolute atomic E-state index is 12.0. The number of hydrogen-bond acceptors (Lipinski definition) is 6. The number of ether oxygens (including phenoxy) is 2. The number of carbonyl (C=O) groups is 1. The first-order chi connectivity index (χ1) is 15.7. The summed E-state index contributed by atoms with van der Waals surface area (Å²) in [6.45, 7) is 0.487. The Bertz CT molecular complexity index is 1090. The second-order valence-corrected chi connectivity index (χ2v) is 7.89. The van der Waals surface area contributed by atoms with E-state index in [1.807, 2.05) is 48.5 Å². The van der Waals surface area contributed by atoms with Crippen molar-refractivity contribution < 1.29 is 18.7 Å². The van der Waals surface area contributed by atoms with Gasteiger partial charge in [-0.05, 0) is 60.7 Å². The number of nitrogens with zero attached hydrogens (tertiary/aromatic N) is 1. The summed E-state index contributed by atoms with van der Waals surface area (Å²) in [5, 5.41) is 3.61. The topological polar surface area (TPSA) is 89.4 Å². The van der Waals surface area contributed by atoms with Crippen LogP contribution >= 0.6 is 11.8 Å². The molecule has 0 fully saturated rings. The van der Waals surface area contributed by atoms with Gasteiger partial charge in [-0.1, -0.05) is 11.8 Å². The minimum absolute atomic E-state index is 0.229. The molecule has 2 aromatic heterocycles. The normalized spacial score (nSPS) is 10.7. The fourth-order valence-electron chi connectivity index (χ4n) is 3.15. The number of aromatic nitrogens is 2. The number of amides is 1. The Morgan fingerprint density at radius 3 is 2.25 bits per heavy atom. The number of thioether (sulfide) groups is 1. The Morgan fingerprint density at radius 2 is 1.66 bits per heavy atom. The maximum Gasteiger partial charge on any atom is 0.287 e. The standard InChI is InChI=1S/C24H23N3O4S/c1-29-18-9-5-16(6-10-18)21-22(17-7-11-19(30-2)12-8-17)27-24(26-21)32-15-13-25-23(28)20-4-3-14-31-20/h3-12,14H,13,15H2,1-2H3,(H,25,28)(H,26,27). The van der Waals surface area contributed by atoms with Gasteiger partial charge < -0.3 is 24.2 Å². The smallest absolute Gasteiger partial charge is 0.287 e. The van der Waals surface area contributed by atoms with Gasteiger partial charge >= 0.3 is 0 Å². The van der Waals surface area contributed by atoms with Gasteiger partial charge in [-0.25, -0.2) is 4.98 Å². The lowest BCUT2D eigenvalue weighted by Gasteiger charge is -2.06. The van der Waals surface area contributed by atoms with Gasteiger partial charge in [0.2, 0.25) is 0 Å². The van der Waals surface area contributed by atoms with Crippen molar-refractivity contribution in [3.8, 4) is 34.0 Å². The van der Waals surface area contributed by atoms with Crippen molar-refractivity contribution in [3.63, 3.8) is 0 Å². The molecule has 0 aliphatic rings. The molecule has 164 valence electrons. The van der Waals surface area contributed by atoms with E-state index in [1.54, 1.807) is 26.4 Å². The van der Waals surface area contributed by atoms with Gasteiger partial charge in [-0.2, -0.15) is 0 Å². The number of benzene rings is 2. The summed E-state index contributed by atoms with van der Waals surface area (Å²) in [5.74, 6) is 2.31. The number of carbonyl (C=O) groups excluding carboxylic acids is 1. The van der Waals surface area contributed by atoms with Crippen molar-refractivity contribution in [3.05, 3.63) is 72.7 Å². The second-order valence-electron chi connectivity index (χ2n) is 6.80. The van der Waals surface area contributed by atoms with E-state index in [1.165, 1.54) is 18.0 Å². The van der Waals surface area contributed by atoms with E-state index in [2.05, 4.69) is 10.3 Å². The Hall–Kier alpha value is -3.65. The molecule has 0 atom stereocenters. The zero-order valence-corrected chi connectivity index (χ0v) is 18.6. The lowest BCUT2D eigenvalue weighted by molar-refractivity contribution is 0.0928. The summed E-state index contributed by atoms with van der Waals surface area (Å²) >= 11 is 1.54. The molecule has 2 heterocycles. The first-order valence-electron chi connectivity index (χ1n) is 10.0. The summed E-state index contributed by atoms with van der Waals surface area (Å²) in [7, 11) is 3.29. The summed E-state index contributed by atoms with van der Waals surface area (Å²) in [5.41, 5.74) is 3.74. The number of methoxy groups -OCH3 is 2. The van der Waals surface area contributed by atoms with E-state index in [0.29, 0.717) is 18.1 Å². The molecule has 1 amide bonds. The van der Waals surface area contributed by atoms with Gasteiger partial charge in [-0.3, -0.25) is 4.79 Å². The third kappa shape index (κ3) is 4.97. The first kappa shape index (κ1) is 21.6. The highest BCUT2D eigenvalue weighted by molar-refractivity contribution is 7.99. The van der Waals surface area contributed by atoms with Crippen LogP contribution in [0.25, 0.3) is 22.5 Å². The minimum Gasteiger partial charge on any atom is -0.497 e. The van der Waals surface area contributed by atoms with Crippen molar-refractivity contribution in [2.75, 3.05) is 26.5 Å². The van der Waals surface area contributed by atoms with E-state index in [-0.39, 0.29) is 5.91 Å². The first-order valence-corrected chi connectivity index (χ1v) is 11.0. The lowest BCUT2D eigenvalue weighted by Crippen LogP contribution is -2.25. The van der Waals surface area contributed by atoms with Crippen LogP contribution in [-0.2, 0) is 0 Å². The molecule has 0 saturated carbocycles. The van der Waals surface area contributed by atoms with Gasteiger partial charge in [0.15, 0.2) is 10.9 Å². The minimum atomic E-state index is -0.229. The monoisotopic (exact) mass is 449 g/mol. The number of imidazole rings is 1. The van der Waals surface area contributed by atoms with Crippen LogP contribution in [0, 0.1) is 0 Å². The van der Waals surface area contributed by atoms with E-state index in [0.717, 1.165) is 39.2 Å². The fourth-order valence-corrected chi connectivity index (χ4v) is 3.88. The number of rotatable bonds is 9. The lowest BCUT2D eigenvalue weighted by atomic mass is 10.0. The third-order valence-corrected chi connectivity index (χ3v) is 5.67. The average Bonchev–Trinajstić information content (AvgIpc) is 3.52. The van der Waals surface area contributed by atoms with Crippen LogP contribution in [0.5, 0.6) is 11.5 Å².